The van der Waals surface area contributed by atoms with Crippen LogP contribution in [0.15, 0.2) is 35.2 Å². The molecule has 100 valence electrons. The van der Waals surface area contributed by atoms with Gasteiger partial charge in [0, 0.05) is 20.3 Å². The molecule has 0 aromatic heterocycles. The molecule has 0 bridgehead atoms. The lowest BCUT2D eigenvalue weighted by molar-refractivity contribution is 0.195. The van der Waals surface area contributed by atoms with Crippen molar-refractivity contribution in [1.29, 1.82) is 0 Å². The van der Waals surface area contributed by atoms with Gasteiger partial charge in [0.2, 0.25) is 0 Å². The SMILES string of the molecule is COCCCNC(=S)NS(=O)(=O)c1ccccc1. The van der Waals surface area contributed by atoms with Crippen molar-refractivity contribution in [3.8, 4) is 0 Å². The summed E-state index contributed by atoms with van der Waals surface area (Å²) in [6, 6.07) is 8.08. The Morgan fingerprint density at radius 2 is 2.00 bits per heavy atom. The van der Waals surface area contributed by atoms with E-state index in [9.17, 15) is 8.42 Å². The van der Waals surface area contributed by atoms with Gasteiger partial charge >= 0.3 is 0 Å². The van der Waals surface area contributed by atoms with Crippen molar-refractivity contribution in [1.82, 2.24) is 10.0 Å². The summed E-state index contributed by atoms with van der Waals surface area (Å²) in [5.41, 5.74) is 0. The predicted octanol–water partition coefficient (Wildman–Crippen LogP) is 0.876. The zero-order valence-electron chi connectivity index (χ0n) is 10.0. The first-order chi connectivity index (χ1) is 8.56. The fourth-order valence-electron chi connectivity index (χ4n) is 1.24. The minimum Gasteiger partial charge on any atom is -0.385 e. The fraction of sp³-hybridized carbons (Fsp3) is 0.364. The fourth-order valence-corrected chi connectivity index (χ4v) is 2.62. The Hall–Kier alpha value is -1.18. The first-order valence-electron chi connectivity index (χ1n) is 5.41. The maximum absolute atomic E-state index is 11.9. The molecule has 1 aromatic carbocycles. The minimum absolute atomic E-state index is 0.0926. The van der Waals surface area contributed by atoms with Crippen molar-refractivity contribution >= 4 is 27.4 Å². The van der Waals surface area contributed by atoms with Gasteiger partial charge in [0.1, 0.15) is 0 Å². The second-order valence-corrected chi connectivity index (χ2v) is 5.61. The Kier molecular flexibility index (Phi) is 6.03. The molecule has 0 unspecified atom stereocenters. The highest BCUT2D eigenvalue weighted by Crippen LogP contribution is 2.06. The van der Waals surface area contributed by atoms with Gasteiger partial charge in [-0.3, -0.25) is 4.72 Å². The van der Waals surface area contributed by atoms with Crippen LogP contribution in [-0.2, 0) is 14.8 Å². The van der Waals surface area contributed by atoms with E-state index in [-0.39, 0.29) is 10.0 Å². The smallest absolute Gasteiger partial charge is 0.263 e. The maximum Gasteiger partial charge on any atom is 0.263 e. The zero-order chi connectivity index (χ0) is 13.4. The standard InChI is InChI=1S/C11H16N2O3S2/c1-16-9-5-8-12-11(17)13-18(14,15)10-6-3-2-4-7-10/h2-4,6-7H,5,8-9H2,1H3,(H2,12,13,17). The number of nitrogens with one attached hydrogen (secondary N) is 2. The number of rotatable bonds is 6. The molecule has 0 radical (unpaired) electrons. The molecule has 0 aliphatic rings. The first-order valence-corrected chi connectivity index (χ1v) is 7.30. The summed E-state index contributed by atoms with van der Waals surface area (Å²) in [7, 11) is -1.98. The lowest BCUT2D eigenvalue weighted by atomic mass is 10.4. The van der Waals surface area contributed by atoms with Crippen LogP contribution >= 0.6 is 12.2 Å². The van der Waals surface area contributed by atoms with Gasteiger partial charge in [0.25, 0.3) is 10.0 Å². The maximum atomic E-state index is 11.9. The van der Waals surface area contributed by atoms with Crippen LogP contribution in [0.1, 0.15) is 6.42 Å². The van der Waals surface area contributed by atoms with Crippen LogP contribution in [0.5, 0.6) is 0 Å². The number of methoxy groups -OCH3 is 1. The van der Waals surface area contributed by atoms with E-state index >= 15 is 0 Å². The summed E-state index contributed by atoms with van der Waals surface area (Å²) in [6.45, 7) is 1.16. The quantitative estimate of drug-likeness (QED) is 0.601. The van der Waals surface area contributed by atoms with E-state index in [0.29, 0.717) is 13.2 Å². The summed E-state index contributed by atoms with van der Waals surface area (Å²) in [6.07, 6.45) is 0.754. The van der Waals surface area contributed by atoms with Crippen LogP contribution in [0.2, 0.25) is 0 Å². The number of hydrogen-bond acceptors (Lipinski definition) is 4. The number of hydrogen-bond donors (Lipinski definition) is 2. The summed E-state index contributed by atoms with van der Waals surface area (Å²) in [5, 5.41) is 2.90. The molecule has 2 N–H and O–H groups in total. The number of thiocarbonyl (C=S) groups is 1. The Morgan fingerprint density at radius 1 is 1.33 bits per heavy atom. The highest BCUT2D eigenvalue weighted by atomic mass is 32.2. The molecule has 0 saturated carbocycles. The van der Waals surface area contributed by atoms with E-state index in [0.717, 1.165) is 6.42 Å². The van der Waals surface area contributed by atoms with Crippen molar-refractivity contribution in [3.63, 3.8) is 0 Å². The molecule has 18 heavy (non-hydrogen) atoms. The van der Waals surface area contributed by atoms with E-state index in [4.69, 9.17) is 17.0 Å². The van der Waals surface area contributed by atoms with Crippen LogP contribution < -0.4 is 10.0 Å². The molecule has 0 saturated heterocycles. The summed E-state index contributed by atoms with van der Waals surface area (Å²) in [4.78, 5) is 0.186. The molecule has 0 spiro atoms. The van der Waals surface area contributed by atoms with Crippen molar-refractivity contribution in [2.24, 2.45) is 0 Å². The molecule has 0 aliphatic carbocycles. The number of ether oxygens (including phenoxy) is 1. The van der Waals surface area contributed by atoms with Crippen LogP contribution in [-0.4, -0.2) is 33.8 Å². The van der Waals surface area contributed by atoms with E-state index in [1.165, 1.54) is 12.1 Å². The van der Waals surface area contributed by atoms with Crippen molar-refractivity contribution in [2.75, 3.05) is 20.3 Å². The summed E-state index contributed by atoms with van der Waals surface area (Å²) >= 11 is 4.91. The van der Waals surface area contributed by atoms with Gasteiger partial charge in [-0.15, -0.1) is 0 Å². The van der Waals surface area contributed by atoms with Crippen molar-refractivity contribution in [2.45, 2.75) is 11.3 Å². The van der Waals surface area contributed by atoms with E-state index in [2.05, 4.69) is 10.0 Å². The molecular weight excluding hydrogens is 272 g/mol. The van der Waals surface area contributed by atoms with Gasteiger partial charge in [-0.2, -0.15) is 0 Å². The Morgan fingerprint density at radius 3 is 2.61 bits per heavy atom. The number of benzene rings is 1. The van der Waals surface area contributed by atoms with E-state index in [1.807, 2.05) is 0 Å². The van der Waals surface area contributed by atoms with E-state index < -0.39 is 10.0 Å². The highest BCUT2D eigenvalue weighted by molar-refractivity contribution is 7.91. The van der Waals surface area contributed by atoms with Crippen LogP contribution in [0.3, 0.4) is 0 Å². The molecule has 1 aromatic rings. The van der Waals surface area contributed by atoms with Gasteiger partial charge in [-0.1, -0.05) is 18.2 Å². The Labute approximate surface area is 113 Å². The average molecular weight is 288 g/mol. The molecular formula is C11H16N2O3S2. The molecule has 0 amide bonds. The van der Waals surface area contributed by atoms with Crippen LogP contribution in [0.25, 0.3) is 0 Å². The zero-order valence-corrected chi connectivity index (χ0v) is 11.7. The molecule has 0 aliphatic heterocycles. The lowest BCUT2D eigenvalue weighted by Gasteiger charge is -2.10. The largest absolute Gasteiger partial charge is 0.385 e. The second kappa shape index (κ2) is 7.30. The minimum atomic E-state index is -3.59. The normalized spacial score (nSPS) is 10.9. The third kappa shape index (κ3) is 4.99. The van der Waals surface area contributed by atoms with Crippen molar-refractivity contribution in [3.05, 3.63) is 30.3 Å². The van der Waals surface area contributed by atoms with Gasteiger partial charge in [-0.25, -0.2) is 8.42 Å². The topological polar surface area (TPSA) is 67.4 Å². The van der Waals surface area contributed by atoms with Crippen molar-refractivity contribution < 1.29 is 13.2 Å². The monoisotopic (exact) mass is 288 g/mol. The lowest BCUT2D eigenvalue weighted by Crippen LogP contribution is -2.39. The molecule has 1 rings (SSSR count). The number of sulfonamides is 1. The molecule has 7 heteroatoms. The third-order valence-corrected chi connectivity index (χ3v) is 3.83. The van der Waals surface area contributed by atoms with Gasteiger partial charge in [0.15, 0.2) is 5.11 Å². The molecule has 5 nitrogen and oxygen atoms in total. The Bertz CT molecular complexity index is 474. The second-order valence-electron chi connectivity index (χ2n) is 3.52. The van der Waals surface area contributed by atoms with Gasteiger partial charge in [-0.05, 0) is 30.8 Å². The van der Waals surface area contributed by atoms with Gasteiger partial charge in [0.05, 0.1) is 4.90 Å². The van der Waals surface area contributed by atoms with Crippen LogP contribution in [0, 0.1) is 0 Å². The van der Waals surface area contributed by atoms with E-state index in [1.54, 1.807) is 25.3 Å². The highest BCUT2D eigenvalue weighted by Gasteiger charge is 2.14. The molecule has 0 atom stereocenters. The molecule has 0 heterocycles. The third-order valence-electron chi connectivity index (χ3n) is 2.09. The molecule has 0 fully saturated rings. The predicted molar refractivity (Wildman–Crippen MR) is 73.9 cm³/mol. The first kappa shape index (κ1) is 14.9. The van der Waals surface area contributed by atoms with Crippen LogP contribution in [0.4, 0.5) is 0 Å². The summed E-state index contributed by atoms with van der Waals surface area (Å²) < 4.78 is 30.9. The average Bonchev–Trinajstić information content (AvgIpc) is 2.35. The van der Waals surface area contributed by atoms with Gasteiger partial charge < -0.3 is 10.1 Å². The Balaban J connectivity index is 2.49. The summed E-state index contributed by atoms with van der Waals surface area (Å²) in [5.74, 6) is 0.